The molecule has 1 aliphatic rings. The molecular weight excluding hydrogens is 228 g/mol. The van der Waals surface area contributed by atoms with Gasteiger partial charge in [-0.2, -0.15) is 4.98 Å². The minimum atomic E-state index is 0.508. The van der Waals surface area contributed by atoms with E-state index in [9.17, 15) is 0 Å². The molecule has 0 atom stereocenters. The van der Waals surface area contributed by atoms with Gasteiger partial charge in [0.2, 0.25) is 5.88 Å². The standard InChI is InChI=1S/C14H16N2O2/c1-8-11(17-2)7-6-10-12(8)15-13(9-4-5-9)16-14(10)18-3/h6-7,9H,4-5H2,1-3H3. The lowest BCUT2D eigenvalue weighted by Crippen LogP contribution is -2.00. The molecule has 0 spiro atoms. The van der Waals surface area contributed by atoms with Gasteiger partial charge in [0.25, 0.3) is 0 Å². The number of aromatic nitrogens is 2. The minimum absolute atomic E-state index is 0.508. The van der Waals surface area contributed by atoms with Crippen molar-refractivity contribution in [2.75, 3.05) is 14.2 Å². The molecule has 94 valence electrons. The maximum absolute atomic E-state index is 5.38. The van der Waals surface area contributed by atoms with E-state index in [1.54, 1.807) is 14.2 Å². The van der Waals surface area contributed by atoms with Crippen LogP contribution in [0.15, 0.2) is 12.1 Å². The Balaban J connectivity index is 2.29. The van der Waals surface area contributed by atoms with Gasteiger partial charge < -0.3 is 9.47 Å². The third kappa shape index (κ3) is 1.68. The molecule has 1 heterocycles. The fourth-order valence-electron chi connectivity index (χ4n) is 2.20. The third-order valence-corrected chi connectivity index (χ3v) is 3.41. The summed E-state index contributed by atoms with van der Waals surface area (Å²) in [6.45, 7) is 2.02. The first kappa shape index (κ1) is 11.3. The molecule has 0 radical (unpaired) electrons. The van der Waals surface area contributed by atoms with Gasteiger partial charge in [-0.3, -0.25) is 0 Å². The smallest absolute Gasteiger partial charge is 0.224 e. The van der Waals surface area contributed by atoms with Crippen LogP contribution >= 0.6 is 0 Å². The molecule has 1 aromatic carbocycles. The van der Waals surface area contributed by atoms with Crippen LogP contribution in [0, 0.1) is 6.92 Å². The average molecular weight is 244 g/mol. The molecule has 1 fully saturated rings. The molecule has 1 aromatic heterocycles. The Kier molecular flexibility index (Phi) is 2.58. The molecule has 1 saturated carbocycles. The number of nitrogens with zero attached hydrogens (tertiary/aromatic N) is 2. The molecule has 0 saturated heterocycles. The van der Waals surface area contributed by atoms with Crippen LogP contribution in [0.4, 0.5) is 0 Å². The van der Waals surface area contributed by atoms with E-state index in [0.29, 0.717) is 11.8 Å². The van der Waals surface area contributed by atoms with Gasteiger partial charge in [-0.1, -0.05) is 0 Å². The van der Waals surface area contributed by atoms with Gasteiger partial charge in [-0.15, -0.1) is 0 Å². The van der Waals surface area contributed by atoms with Crippen LogP contribution in [0.3, 0.4) is 0 Å². The summed E-state index contributed by atoms with van der Waals surface area (Å²) in [6.07, 6.45) is 2.36. The van der Waals surface area contributed by atoms with Gasteiger partial charge in [0.15, 0.2) is 0 Å². The van der Waals surface area contributed by atoms with E-state index in [0.717, 1.165) is 28.0 Å². The summed E-state index contributed by atoms with van der Waals surface area (Å²) in [7, 11) is 3.33. The zero-order chi connectivity index (χ0) is 12.7. The van der Waals surface area contributed by atoms with E-state index in [4.69, 9.17) is 9.47 Å². The lowest BCUT2D eigenvalue weighted by molar-refractivity contribution is 0.400. The van der Waals surface area contributed by atoms with Crippen molar-refractivity contribution in [1.82, 2.24) is 9.97 Å². The number of benzene rings is 1. The van der Waals surface area contributed by atoms with Crippen molar-refractivity contribution < 1.29 is 9.47 Å². The highest BCUT2D eigenvalue weighted by Crippen LogP contribution is 2.40. The molecular formula is C14H16N2O2. The average Bonchev–Trinajstić information content (AvgIpc) is 3.22. The molecule has 4 heteroatoms. The Morgan fingerprint density at radius 3 is 2.50 bits per heavy atom. The normalized spacial score (nSPS) is 14.8. The number of rotatable bonds is 3. The highest BCUT2D eigenvalue weighted by Gasteiger charge is 2.28. The van der Waals surface area contributed by atoms with E-state index in [2.05, 4.69) is 9.97 Å². The van der Waals surface area contributed by atoms with Crippen LogP contribution in [0.5, 0.6) is 11.6 Å². The number of hydrogen-bond acceptors (Lipinski definition) is 4. The van der Waals surface area contributed by atoms with Crippen LogP contribution in [0.1, 0.15) is 30.1 Å². The van der Waals surface area contributed by atoms with E-state index >= 15 is 0 Å². The fraction of sp³-hybridized carbons (Fsp3) is 0.429. The summed E-state index contributed by atoms with van der Waals surface area (Å²) in [6, 6.07) is 3.89. The fourth-order valence-corrected chi connectivity index (χ4v) is 2.20. The van der Waals surface area contributed by atoms with Crippen LogP contribution < -0.4 is 9.47 Å². The molecule has 0 bridgehead atoms. The van der Waals surface area contributed by atoms with Crippen LogP contribution in [0.2, 0.25) is 0 Å². The van der Waals surface area contributed by atoms with Crippen molar-refractivity contribution in [3.05, 3.63) is 23.5 Å². The third-order valence-electron chi connectivity index (χ3n) is 3.41. The Labute approximate surface area is 106 Å². The minimum Gasteiger partial charge on any atom is -0.496 e. The molecule has 0 amide bonds. The number of aryl methyl sites for hydroxylation is 1. The predicted molar refractivity (Wildman–Crippen MR) is 69.4 cm³/mol. The molecule has 2 aromatic rings. The maximum atomic E-state index is 5.38. The second-order valence-electron chi connectivity index (χ2n) is 4.65. The summed E-state index contributed by atoms with van der Waals surface area (Å²) in [5.74, 6) is 2.92. The van der Waals surface area contributed by atoms with Crippen molar-refractivity contribution in [2.45, 2.75) is 25.7 Å². The van der Waals surface area contributed by atoms with Gasteiger partial charge in [0, 0.05) is 11.5 Å². The number of methoxy groups -OCH3 is 2. The number of fused-ring (bicyclic) bond motifs is 1. The lowest BCUT2D eigenvalue weighted by Gasteiger charge is -2.11. The zero-order valence-corrected chi connectivity index (χ0v) is 10.9. The number of ether oxygens (including phenoxy) is 2. The molecule has 1 aliphatic carbocycles. The van der Waals surface area contributed by atoms with Crippen molar-refractivity contribution >= 4 is 10.9 Å². The van der Waals surface area contributed by atoms with E-state index < -0.39 is 0 Å². The molecule has 4 nitrogen and oxygen atoms in total. The largest absolute Gasteiger partial charge is 0.496 e. The van der Waals surface area contributed by atoms with Crippen molar-refractivity contribution in [2.24, 2.45) is 0 Å². The summed E-state index contributed by atoms with van der Waals surface area (Å²) < 4.78 is 10.7. The highest BCUT2D eigenvalue weighted by molar-refractivity contribution is 5.88. The lowest BCUT2D eigenvalue weighted by atomic mass is 10.1. The zero-order valence-electron chi connectivity index (χ0n) is 10.9. The quantitative estimate of drug-likeness (QED) is 0.832. The van der Waals surface area contributed by atoms with Gasteiger partial charge in [0.1, 0.15) is 11.6 Å². The van der Waals surface area contributed by atoms with Crippen LogP contribution in [-0.4, -0.2) is 24.2 Å². The topological polar surface area (TPSA) is 44.2 Å². The Hall–Kier alpha value is -1.84. The summed E-state index contributed by atoms with van der Waals surface area (Å²) in [5.41, 5.74) is 1.97. The SMILES string of the molecule is COc1ccc2c(OC)nc(C3CC3)nc2c1C. The van der Waals surface area contributed by atoms with E-state index in [1.807, 2.05) is 19.1 Å². The summed E-state index contributed by atoms with van der Waals surface area (Å²) in [5, 5.41) is 0.945. The van der Waals surface area contributed by atoms with Crippen LogP contribution in [-0.2, 0) is 0 Å². The molecule has 0 N–H and O–H groups in total. The first-order valence-corrected chi connectivity index (χ1v) is 6.14. The van der Waals surface area contributed by atoms with Crippen molar-refractivity contribution in [3.8, 4) is 11.6 Å². The first-order chi connectivity index (χ1) is 8.74. The molecule has 0 aliphatic heterocycles. The Morgan fingerprint density at radius 2 is 1.89 bits per heavy atom. The van der Waals surface area contributed by atoms with Gasteiger partial charge >= 0.3 is 0 Å². The first-order valence-electron chi connectivity index (χ1n) is 6.14. The van der Waals surface area contributed by atoms with Crippen LogP contribution in [0.25, 0.3) is 10.9 Å². The van der Waals surface area contributed by atoms with E-state index in [-0.39, 0.29) is 0 Å². The molecule has 0 unspecified atom stereocenters. The highest BCUT2D eigenvalue weighted by atomic mass is 16.5. The molecule has 18 heavy (non-hydrogen) atoms. The van der Waals surface area contributed by atoms with Crippen molar-refractivity contribution in [1.29, 1.82) is 0 Å². The predicted octanol–water partition coefficient (Wildman–Crippen LogP) is 2.83. The second kappa shape index (κ2) is 4.12. The van der Waals surface area contributed by atoms with Gasteiger partial charge in [0.05, 0.1) is 25.1 Å². The molecule has 3 rings (SSSR count). The summed E-state index contributed by atoms with van der Waals surface area (Å²) in [4.78, 5) is 9.19. The monoisotopic (exact) mass is 244 g/mol. The summed E-state index contributed by atoms with van der Waals surface area (Å²) >= 11 is 0. The Morgan fingerprint density at radius 1 is 1.11 bits per heavy atom. The van der Waals surface area contributed by atoms with Gasteiger partial charge in [-0.25, -0.2) is 4.98 Å². The maximum Gasteiger partial charge on any atom is 0.224 e. The number of hydrogen-bond donors (Lipinski definition) is 0. The second-order valence-corrected chi connectivity index (χ2v) is 4.65. The van der Waals surface area contributed by atoms with Crippen molar-refractivity contribution in [3.63, 3.8) is 0 Å². The van der Waals surface area contributed by atoms with E-state index in [1.165, 1.54) is 12.8 Å². The van der Waals surface area contributed by atoms with Gasteiger partial charge in [-0.05, 0) is 31.9 Å². The Bertz CT molecular complexity index is 606.